The molecule has 0 aliphatic rings. The number of nitrogens with zero attached hydrogens (tertiary/aromatic N) is 3. The van der Waals surface area contributed by atoms with Crippen molar-refractivity contribution in [1.82, 2.24) is 14.5 Å². The SMILES string of the molecule is CC(C)n1cnc2cc(Br)nc(F)c21. The van der Waals surface area contributed by atoms with Crippen LogP contribution >= 0.6 is 15.9 Å². The molecule has 0 unspecified atom stereocenters. The van der Waals surface area contributed by atoms with Crippen molar-refractivity contribution in [3.63, 3.8) is 0 Å². The molecular weight excluding hydrogens is 249 g/mol. The molecule has 0 aliphatic heterocycles. The quantitative estimate of drug-likeness (QED) is 0.736. The van der Waals surface area contributed by atoms with E-state index >= 15 is 0 Å². The molecule has 0 N–H and O–H groups in total. The van der Waals surface area contributed by atoms with Gasteiger partial charge in [-0.25, -0.2) is 9.97 Å². The number of fused-ring (bicyclic) bond motifs is 1. The van der Waals surface area contributed by atoms with Crippen LogP contribution in [0.1, 0.15) is 19.9 Å². The fraction of sp³-hybridized carbons (Fsp3) is 0.333. The Morgan fingerprint density at radius 2 is 2.21 bits per heavy atom. The Bertz CT molecular complexity index is 478. The first kappa shape index (κ1) is 9.58. The van der Waals surface area contributed by atoms with E-state index in [4.69, 9.17) is 0 Å². The standard InChI is InChI=1S/C9H9BrFN3/c1-5(2)14-4-12-6-3-7(10)13-9(11)8(6)14/h3-5H,1-2H3. The Kier molecular flexibility index (Phi) is 2.26. The van der Waals surface area contributed by atoms with Gasteiger partial charge in [0.05, 0.1) is 11.8 Å². The van der Waals surface area contributed by atoms with Crippen LogP contribution in [0.2, 0.25) is 0 Å². The summed E-state index contributed by atoms with van der Waals surface area (Å²) >= 11 is 3.13. The number of rotatable bonds is 1. The highest BCUT2D eigenvalue weighted by Crippen LogP contribution is 2.22. The van der Waals surface area contributed by atoms with Gasteiger partial charge in [0.1, 0.15) is 10.1 Å². The minimum Gasteiger partial charge on any atom is -0.324 e. The lowest BCUT2D eigenvalue weighted by Crippen LogP contribution is -2.00. The zero-order valence-corrected chi connectivity index (χ0v) is 9.42. The summed E-state index contributed by atoms with van der Waals surface area (Å²) in [5, 5.41) is 0. The van der Waals surface area contributed by atoms with E-state index in [0.717, 1.165) is 0 Å². The van der Waals surface area contributed by atoms with Gasteiger partial charge in [0.2, 0.25) is 5.95 Å². The molecule has 0 radical (unpaired) electrons. The van der Waals surface area contributed by atoms with Gasteiger partial charge in [0.25, 0.3) is 0 Å². The molecule has 0 bridgehead atoms. The maximum Gasteiger partial charge on any atom is 0.240 e. The summed E-state index contributed by atoms with van der Waals surface area (Å²) in [5.41, 5.74) is 1.08. The predicted octanol–water partition coefficient (Wildman–Crippen LogP) is 2.91. The van der Waals surface area contributed by atoms with Gasteiger partial charge in [-0.15, -0.1) is 0 Å². The normalized spacial score (nSPS) is 11.5. The molecule has 2 heterocycles. The van der Waals surface area contributed by atoms with Crippen molar-refractivity contribution in [3.8, 4) is 0 Å². The van der Waals surface area contributed by atoms with Crippen molar-refractivity contribution >= 4 is 27.0 Å². The highest BCUT2D eigenvalue weighted by Gasteiger charge is 2.12. The van der Waals surface area contributed by atoms with Crippen molar-refractivity contribution in [3.05, 3.63) is 22.9 Å². The van der Waals surface area contributed by atoms with Gasteiger partial charge in [0.15, 0.2) is 0 Å². The minimum atomic E-state index is -0.486. The molecule has 0 atom stereocenters. The Morgan fingerprint density at radius 1 is 1.50 bits per heavy atom. The van der Waals surface area contributed by atoms with E-state index in [1.54, 1.807) is 17.0 Å². The lowest BCUT2D eigenvalue weighted by molar-refractivity contribution is 0.561. The van der Waals surface area contributed by atoms with E-state index < -0.39 is 5.95 Å². The molecule has 0 saturated carbocycles. The number of imidazole rings is 1. The Morgan fingerprint density at radius 3 is 2.86 bits per heavy atom. The second-order valence-electron chi connectivity index (χ2n) is 3.35. The average Bonchev–Trinajstić information content (AvgIpc) is 2.47. The molecule has 0 aromatic carbocycles. The number of halogens is 2. The molecule has 0 fully saturated rings. The predicted molar refractivity (Wildman–Crippen MR) is 55.6 cm³/mol. The summed E-state index contributed by atoms with van der Waals surface area (Å²) in [6, 6.07) is 1.88. The molecule has 0 amide bonds. The third-order valence-electron chi connectivity index (χ3n) is 2.03. The summed E-state index contributed by atoms with van der Waals surface area (Å²) < 4.78 is 15.7. The van der Waals surface area contributed by atoms with E-state index in [-0.39, 0.29) is 6.04 Å². The van der Waals surface area contributed by atoms with Crippen molar-refractivity contribution in [2.45, 2.75) is 19.9 Å². The molecule has 2 aromatic rings. The summed E-state index contributed by atoms with van der Waals surface area (Å²) in [6.45, 7) is 3.95. The molecule has 3 nitrogen and oxygen atoms in total. The van der Waals surface area contributed by atoms with Crippen molar-refractivity contribution < 1.29 is 4.39 Å². The number of aromatic nitrogens is 3. The molecule has 2 aromatic heterocycles. The van der Waals surface area contributed by atoms with E-state index in [2.05, 4.69) is 25.9 Å². The van der Waals surface area contributed by atoms with Crippen molar-refractivity contribution in [2.24, 2.45) is 0 Å². The maximum absolute atomic E-state index is 13.5. The average molecular weight is 258 g/mol. The molecule has 74 valence electrons. The molecular formula is C9H9BrFN3. The van der Waals surface area contributed by atoms with Crippen molar-refractivity contribution in [2.75, 3.05) is 0 Å². The number of pyridine rings is 1. The van der Waals surface area contributed by atoms with Gasteiger partial charge in [0, 0.05) is 6.04 Å². The first-order valence-electron chi connectivity index (χ1n) is 4.28. The Labute approximate surface area is 89.1 Å². The molecule has 0 saturated heterocycles. The van der Waals surface area contributed by atoms with Gasteiger partial charge in [-0.2, -0.15) is 4.39 Å². The van der Waals surface area contributed by atoms with E-state index in [0.29, 0.717) is 15.6 Å². The van der Waals surface area contributed by atoms with Gasteiger partial charge >= 0.3 is 0 Å². The zero-order chi connectivity index (χ0) is 10.3. The monoisotopic (exact) mass is 257 g/mol. The van der Waals surface area contributed by atoms with Crippen LogP contribution < -0.4 is 0 Å². The third kappa shape index (κ3) is 1.41. The third-order valence-corrected chi connectivity index (χ3v) is 2.44. The van der Waals surface area contributed by atoms with Crippen LogP contribution in [0.25, 0.3) is 11.0 Å². The highest BCUT2D eigenvalue weighted by atomic mass is 79.9. The van der Waals surface area contributed by atoms with Gasteiger partial charge in [-0.1, -0.05) is 0 Å². The van der Waals surface area contributed by atoms with Crippen LogP contribution in [-0.2, 0) is 0 Å². The lowest BCUT2D eigenvalue weighted by Gasteiger charge is -2.07. The summed E-state index contributed by atoms with van der Waals surface area (Å²) in [7, 11) is 0. The van der Waals surface area contributed by atoms with Crippen LogP contribution in [-0.4, -0.2) is 14.5 Å². The van der Waals surface area contributed by atoms with Gasteiger partial charge < -0.3 is 4.57 Å². The summed E-state index contributed by atoms with van der Waals surface area (Å²) in [6.07, 6.45) is 1.63. The first-order chi connectivity index (χ1) is 6.59. The lowest BCUT2D eigenvalue weighted by atomic mass is 10.3. The van der Waals surface area contributed by atoms with Gasteiger partial charge in [-0.3, -0.25) is 0 Å². The smallest absolute Gasteiger partial charge is 0.240 e. The highest BCUT2D eigenvalue weighted by molar-refractivity contribution is 9.10. The molecule has 0 aliphatic carbocycles. The Hall–Kier alpha value is -0.970. The van der Waals surface area contributed by atoms with Crippen LogP contribution in [0, 0.1) is 5.95 Å². The fourth-order valence-electron chi connectivity index (χ4n) is 1.38. The van der Waals surface area contributed by atoms with Crippen LogP contribution in [0.15, 0.2) is 17.0 Å². The molecule has 5 heteroatoms. The van der Waals surface area contributed by atoms with E-state index in [1.807, 2.05) is 13.8 Å². The van der Waals surface area contributed by atoms with E-state index in [9.17, 15) is 4.39 Å². The summed E-state index contributed by atoms with van der Waals surface area (Å²) in [4.78, 5) is 7.82. The fourth-order valence-corrected chi connectivity index (χ4v) is 1.75. The topological polar surface area (TPSA) is 30.7 Å². The largest absolute Gasteiger partial charge is 0.324 e. The first-order valence-corrected chi connectivity index (χ1v) is 5.07. The number of hydrogen-bond acceptors (Lipinski definition) is 2. The summed E-state index contributed by atoms with van der Waals surface area (Å²) in [5.74, 6) is -0.486. The van der Waals surface area contributed by atoms with Crippen molar-refractivity contribution in [1.29, 1.82) is 0 Å². The van der Waals surface area contributed by atoms with Crippen LogP contribution in [0.5, 0.6) is 0 Å². The molecule has 2 rings (SSSR count). The molecule has 14 heavy (non-hydrogen) atoms. The van der Waals surface area contributed by atoms with Gasteiger partial charge in [-0.05, 0) is 35.8 Å². The molecule has 0 spiro atoms. The van der Waals surface area contributed by atoms with Crippen LogP contribution in [0.3, 0.4) is 0 Å². The zero-order valence-electron chi connectivity index (χ0n) is 7.83. The number of hydrogen-bond donors (Lipinski definition) is 0. The van der Waals surface area contributed by atoms with Crippen LogP contribution in [0.4, 0.5) is 4.39 Å². The maximum atomic E-state index is 13.5. The second-order valence-corrected chi connectivity index (χ2v) is 4.16. The second kappa shape index (κ2) is 3.31. The van der Waals surface area contributed by atoms with E-state index in [1.165, 1.54) is 0 Å². The Balaban J connectivity index is 2.79. The minimum absolute atomic E-state index is 0.178.